The number of aromatic nitrogens is 2. The maximum atomic E-state index is 13.2. The molecule has 0 spiro atoms. The quantitative estimate of drug-likeness (QED) is 0.927. The molecule has 2 N–H and O–H groups in total. The van der Waals surface area contributed by atoms with Gasteiger partial charge < -0.3 is 10.3 Å². The number of imidazole rings is 1. The molecule has 1 fully saturated rings. The first-order valence-electron chi connectivity index (χ1n) is 6.10. The molecule has 0 radical (unpaired) electrons. The second-order valence-corrected chi connectivity index (χ2v) is 6.20. The molecule has 0 atom stereocenters. The summed E-state index contributed by atoms with van der Waals surface area (Å²) in [5.41, 5.74) is 7.53. The molecule has 1 aliphatic carbocycles. The zero-order chi connectivity index (χ0) is 12.8. The standard InChI is InChI=1S/C13H16FN3S/c1-18-13(5-2-6-13)8-17-11-4-3-9(14)7-10(11)16-12(17)15/h3-4,7H,2,5-6,8H2,1H3,(H2,15,16). The summed E-state index contributed by atoms with van der Waals surface area (Å²) in [6.07, 6.45) is 5.86. The lowest BCUT2D eigenvalue weighted by atomic mass is 9.84. The van der Waals surface area contributed by atoms with Crippen molar-refractivity contribution in [3.63, 3.8) is 0 Å². The van der Waals surface area contributed by atoms with E-state index in [1.807, 2.05) is 16.3 Å². The van der Waals surface area contributed by atoms with Gasteiger partial charge in [-0.25, -0.2) is 9.37 Å². The highest BCUT2D eigenvalue weighted by molar-refractivity contribution is 8.00. The fraction of sp³-hybridized carbons (Fsp3) is 0.462. The molecular weight excluding hydrogens is 249 g/mol. The topological polar surface area (TPSA) is 43.8 Å². The van der Waals surface area contributed by atoms with Gasteiger partial charge >= 0.3 is 0 Å². The van der Waals surface area contributed by atoms with Gasteiger partial charge in [0.15, 0.2) is 0 Å². The first-order chi connectivity index (χ1) is 8.63. The Morgan fingerprint density at radius 3 is 2.89 bits per heavy atom. The van der Waals surface area contributed by atoms with Crippen LogP contribution in [0.5, 0.6) is 0 Å². The van der Waals surface area contributed by atoms with Gasteiger partial charge in [-0.05, 0) is 31.2 Å². The minimum Gasteiger partial charge on any atom is -0.369 e. The molecule has 1 saturated carbocycles. The van der Waals surface area contributed by atoms with Gasteiger partial charge in [-0.2, -0.15) is 11.8 Å². The van der Waals surface area contributed by atoms with E-state index < -0.39 is 0 Å². The van der Waals surface area contributed by atoms with E-state index in [9.17, 15) is 4.39 Å². The van der Waals surface area contributed by atoms with E-state index >= 15 is 0 Å². The van der Waals surface area contributed by atoms with E-state index in [4.69, 9.17) is 5.73 Å². The summed E-state index contributed by atoms with van der Waals surface area (Å²) in [5, 5.41) is 0. The fourth-order valence-corrected chi connectivity index (χ4v) is 3.53. The largest absolute Gasteiger partial charge is 0.369 e. The Kier molecular flexibility index (Phi) is 2.73. The van der Waals surface area contributed by atoms with Crippen LogP contribution in [0.1, 0.15) is 19.3 Å². The normalized spacial score (nSPS) is 17.9. The number of thioether (sulfide) groups is 1. The zero-order valence-electron chi connectivity index (χ0n) is 10.3. The maximum absolute atomic E-state index is 13.2. The van der Waals surface area contributed by atoms with Crippen LogP contribution in [0.3, 0.4) is 0 Å². The number of rotatable bonds is 3. The number of nitrogen functional groups attached to an aromatic ring is 1. The van der Waals surface area contributed by atoms with Crippen LogP contribution in [0.4, 0.5) is 10.3 Å². The van der Waals surface area contributed by atoms with Crippen molar-refractivity contribution in [2.75, 3.05) is 12.0 Å². The average Bonchev–Trinajstić information content (AvgIpc) is 2.59. The molecule has 5 heteroatoms. The van der Waals surface area contributed by atoms with Crippen molar-refractivity contribution in [1.29, 1.82) is 0 Å². The number of benzene rings is 1. The number of anilines is 1. The molecule has 1 aromatic heterocycles. The molecular formula is C13H16FN3S. The summed E-state index contributed by atoms with van der Waals surface area (Å²) in [6.45, 7) is 0.863. The van der Waals surface area contributed by atoms with Gasteiger partial charge in [-0.15, -0.1) is 0 Å². The van der Waals surface area contributed by atoms with E-state index in [1.165, 1.54) is 31.4 Å². The molecule has 0 amide bonds. The lowest BCUT2D eigenvalue weighted by Crippen LogP contribution is -2.38. The summed E-state index contributed by atoms with van der Waals surface area (Å²) in [5.74, 6) is 0.214. The van der Waals surface area contributed by atoms with E-state index in [-0.39, 0.29) is 10.6 Å². The average molecular weight is 265 g/mol. The molecule has 0 aliphatic heterocycles. The van der Waals surface area contributed by atoms with Crippen molar-refractivity contribution in [1.82, 2.24) is 9.55 Å². The van der Waals surface area contributed by atoms with E-state index in [0.29, 0.717) is 11.5 Å². The highest BCUT2D eigenvalue weighted by Gasteiger charge is 2.37. The molecule has 96 valence electrons. The number of hydrogen-bond donors (Lipinski definition) is 1. The smallest absolute Gasteiger partial charge is 0.201 e. The van der Waals surface area contributed by atoms with Gasteiger partial charge in [0.1, 0.15) is 5.82 Å². The first kappa shape index (κ1) is 11.8. The van der Waals surface area contributed by atoms with Crippen molar-refractivity contribution in [3.8, 4) is 0 Å². The Morgan fingerprint density at radius 1 is 1.50 bits per heavy atom. The lowest BCUT2D eigenvalue weighted by Gasteiger charge is -2.40. The maximum Gasteiger partial charge on any atom is 0.201 e. The first-order valence-corrected chi connectivity index (χ1v) is 7.32. The Balaban J connectivity index is 2.03. The molecule has 1 aromatic carbocycles. The van der Waals surface area contributed by atoms with E-state index in [2.05, 4.69) is 11.2 Å². The molecule has 1 aliphatic rings. The Labute approximate surface area is 110 Å². The molecule has 2 aromatic rings. The third-order valence-corrected chi connectivity index (χ3v) is 5.29. The van der Waals surface area contributed by atoms with Crippen molar-refractivity contribution in [2.24, 2.45) is 0 Å². The third-order valence-electron chi connectivity index (χ3n) is 3.88. The minimum absolute atomic E-state index is 0.268. The highest BCUT2D eigenvalue weighted by atomic mass is 32.2. The molecule has 0 bridgehead atoms. The van der Waals surface area contributed by atoms with E-state index in [1.54, 1.807) is 6.07 Å². The zero-order valence-corrected chi connectivity index (χ0v) is 11.1. The molecule has 0 saturated heterocycles. The van der Waals surface area contributed by atoms with Crippen LogP contribution < -0.4 is 5.73 Å². The Morgan fingerprint density at radius 2 is 2.28 bits per heavy atom. The lowest BCUT2D eigenvalue weighted by molar-refractivity contribution is 0.326. The highest BCUT2D eigenvalue weighted by Crippen LogP contribution is 2.44. The number of fused-ring (bicyclic) bond motifs is 1. The molecule has 18 heavy (non-hydrogen) atoms. The van der Waals surface area contributed by atoms with Gasteiger partial charge in [0.05, 0.1) is 11.0 Å². The Bertz CT molecular complexity index is 584. The molecule has 1 heterocycles. The monoisotopic (exact) mass is 265 g/mol. The number of halogens is 1. The van der Waals surface area contributed by atoms with Gasteiger partial charge in [-0.3, -0.25) is 0 Å². The fourth-order valence-electron chi connectivity index (χ4n) is 2.57. The summed E-state index contributed by atoms with van der Waals surface area (Å²) in [6, 6.07) is 4.67. The predicted molar refractivity (Wildman–Crippen MR) is 74.2 cm³/mol. The SMILES string of the molecule is CSC1(Cn2c(N)nc3cc(F)ccc32)CCC1. The summed E-state index contributed by atoms with van der Waals surface area (Å²) >= 11 is 1.90. The van der Waals surface area contributed by atoms with Gasteiger partial charge in [0.2, 0.25) is 5.95 Å². The van der Waals surface area contributed by atoms with Gasteiger partial charge in [0.25, 0.3) is 0 Å². The van der Waals surface area contributed by atoms with Crippen LogP contribution in [0, 0.1) is 5.82 Å². The van der Waals surface area contributed by atoms with Crippen LogP contribution in [-0.2, 0) is 6.54 Å². The molecule has 3 nitrogen and oxygen atoms in total. The molecule has 0 unspecified atom stereocenters. The van der Waals surface area contributed by atoms with Crippen molar-refractivity contribution in [3.05, 3.63) is 24.0 Å². The minimum atomic E-state index is -0.268. The number of nitrogens with zero attached hydrogens (tertiary/aromatic N) is 2. The van der Waals surface area contributed by atoms with Crippen LogP contribution in [0.2, 0.25) is 0 Å². The van der Waals surface area contributed by atoms with Crippen molar-refractivity contribution < 1.29 is 4.39 Å². The summed E-state index contributed by atoms with van der Waals surface area (Å²) < 4.78 is 15.5. The predicted octanol–water partition coefficient (Wildman–Crippen LogP) is 3.04. The summed E-state index contributed by atoms with van der Waals surface area (Å²) in [4.78, 5) is 4.24. The van der Waals surface area contributed by atoms with Gasteiger partial charge in [0, 0.05) is 17.4 Å². The second kappa shape index (κ2) is 4.16. The number of nitrogens with two attached hydrogens (primary N) is 1. The molecule has 3 rings (SSSR count). The van der Waals surface area contributed by atoms with Crippen molar-refractivity contribution >= 4 is 28.7 Å². The van der Waals surface area contributed by atoms with Crippen LogP contribution in [0.25, 0.3) is 11.0 Å². The van der Waals surface area contributed by atoms with Crippen molar-refractivity contribution in [2.45, 2.75) is 30.6 Å². The third kappa shape index (κ3) is 1.77. The second-order valence-electron chi connectivity index (χ2n) is 4.93. The van der Waals surface area contributed by atoms with Gasteiger partial charge in [-0.1, -0.05) is 6.42 Å². The summed E-state index contributed by atoms with van der Waals surface area (Å²) in [7, 11) is 0. The Hall–Kier alpha value is -1.23. The van der Waals surface area contributed by atoms with E-state index in [0.717, 1.165) is 12.1 Å². The van der Waals surface area contributed by atoms with Crippen LogP contribution in [0.15, 0.2) is 18.2 Å². The van der Waals surface area contributed by atoms with Crippen LogP contribution >= 0.6 is 11.8 Å². The van der Waals surface area contributed by atoms with Crippen LogP contribution in [-0.4, -0.2) is 20.6 Å². The number of hydrogen-bond acceptors (Lipinski definition) is 3.